The Morgan fingerprint density at radius 1 is 1.16 bits per heavy atom. The zero-order chi connectivity index (χ0) is 25.8. The van der Waals surface area contributed by atoms with Gasteiger partial charge in [0, 0.05) is 50.0 Å². The molecule has 0 saturated carbocycles. The second kappa shape index (κ2) is 9.33. The highest BCUT2D eigenvalue weighted by Gasteiger charge is 2.46. The summed E-state index contributed by atoms with van der Waals surface area (Å²) in [6, 6.07) is 2.42. The van der Waals surface area contributed by atoms with Crippen LogP contribution in [0.15, 0.2) is 24.5 Å². The van der Waals surface area contributed by atoms with Gasteiger partial charge in [0.25, 0.3) is 0 Å². The molecule has 13 heteroatoms. The molecule has 1 amide bonds. The van der Waals surface area contributed by atoms with Gasteiger partial charge in [-0.15, -0.1) is 0 Å². The maximum absolute atomic E-state index is 13.1. The third-order valence-electron chi connectivity index (χ3n) is 7.59. The van der Waals surface area contributed by atoms with Gasteiger partial charge in [-0.3, -0.25) is 9.78 Å². The Morgan fingerprint density at radius 3 is 2.70 bits per heavy atom. The Balaban J connectivity index is 1.18. The minimum absolute atomic E-state index is 0.143. The van der Waals surface area contributed by atoms with E-state index in [0.717, 1.165) is 59.4 Å². The Bertz CT molecular complexity index is 1330. The summed E-state index contributed by atoms with van der Waals surface area (Å²) in [6.45, 7) is 2.46. The first kappa shape index (κ1) is 24.8. The molecule has 1 unspecified atom stereocenters. The van der Waals surface area contributed by atoms with Gasteiger partial charge in [0.05, 0.1) is 6.20 Å². The van der Waals surface area contributed by atoms with Crippen molar-refractivity contribution in [2.75, 3.05) is 36.0 Å². The van der Waals surface area contributed by atoms with Gasteiger partial charge in [-0.2, -0.15) is 18.3 Å². The molecule has 9 nitrogen and oxygen atoms in total. The van der Waals surface area contributed by atoms with E-state index in [1.54, 1.807) is 6.20 Å². The van der Waals surface area contributed by atoms with E-state index in [0.29, 0.717) is 38.3 Å². The largest absolute Gasteiger partial charge is 0.433 e. The van der Waals surface area contributed by atoms with Crippen LogP contribution in [0.25, 0.3) is 11.2 Å². The van der Waals surface area contributed by atoms with E-state index in [9.17, 15) is 18.0 Å². The maximum atomic E-state index is 13.1. The van der Waals surface area contributed by atoms with Crippen LogP contribution < -0.4 is 9.80 Å². The van der Waals surface area contributed by atoms with Gasteiger partial charge in [-0.1, -0.05) is 0 Å². The van der Waals surface area contributed by atoms with E-state index in [-0.39, 0.29) is 23.2 Å². The van der Waals surface area contributed by atoms with E-state index in [2.05, 4.69) is 42.6 Å². The van der Waals surface area contributed by atoms with Crippen molar-refractivity contribution < 1.29 is 22.7 Å². The molecule has 3 aliphatic rings. The van der Waals surface area contributed by atoms with Crippen molar-refractivity contribution in [1.29, 1.82) is 0 Å². The summed E-state index contributed by atoms with van der Waals surface area (Å²) >= 11 is 2.17. The SMILES string of the molecule is O=C1CC2(CCN(c3cnc4c(I)nn(C5CCCCO5)c4n3)CC2)CN1c1ccnc(C(F)(F)F)c1. The number of piperidine rings is 1. The average Bonchev–Trinajstić information content (AvgIpc) is 3.40. The number of alkyl halides is 3. The van der Waals surface area contributed by atoms with Gasteiger partial charge >= 0.3 is 6.18 Å². The third-order valence-corrected chi connectivity index (χ3v) is 8.32. The molecular formula is C24H25F3IN7O2. The number of halogens is 4. The van der Waals surface area contributed by atoms with Crippen LogP contribution in [0.1, 0.15) is 50.4 Å². The number of hydrogen-bond acceptors (Lipinski definition) is 7. The van der Waals surface area contributed by atoms with Gasteiger partial charge in [0.2, 0.25) is 5.91 Å². The number of rotatable bonds is 3. The zero-order valence-corrected chi connectivity index (χ0v) is 22.1. The maximum Gasteiger partial charge on any atom is 0.433 e. The molecule has 196 valence electrons. The molecule has 3 aliphatic heterocycles. The predicted octanol–water partition coefficient (Wildman–Crippen LogP) is 4.57. The van der Waals surface area contributed by atoms with Crippen molar-refractivity contribution in [2.45, 2.75) is 50.9 Å². The molecule has 0 bridgehead atoms. The number of aromatic nitrogens is 5. The van der Waals surface area contributed by atoms with Crippen LogP contribution in [0.3, 0.4) is 0 Å². The van der Waals surface area contributed by atoms with E-state index >= 15 is 0 Å². The lowest BCUT2D eigenvalue weighted by Crippen LogP contribution is -2.42. The molecule has 3 aromatic rings. The lowest BCUT2D eigenvalue weighted by molar-refractivity contribution is -0.141. The third kappa shape index (κ3) is 4.64. The molecule has 0 N–H and O–H groups in total. The molecule has 0 aliphatic carbocycles. The summed E-state index contributed by atoms with van der Waals surface area (Å²) in [5.41, 5.74) is 0.430. The van der Waals surface area contributed by atoms with Crippen LogP contribution >= 0.6 is 22.6 Å². The first-order valence-electron chi connectivity index (χ1n) is 12.3. The summed E-state index contributed by atoms with van der Waals surface area (Å²) in [5, 5.41) is 4.64. The molecule has 3 aromatic heterocycles. The second-order valence-corrected chi connectivity index (χ2v) is 11.0. The average molecular weight is 627 g/mol. The van der Waals surface area contributed by atoms with Gasteiger partial charge in [0.15, 0.2) is 15.6 Å². The number of hydrogen-bond donors (Lipinski definition) is 0. The van der Waals surface area contributed by atoms with Crippen LogP contribution in [0.4, 0.5) is 24.7 Å². The quantitative estimate of drug-likeness (QED) is 0.394. The van der Waals surface area contributed by atoms with Crippen LogP contribution in [0, 0.1) is 9.12 Å². The lowest BCUT2D eigenvalue weighted by Gasteiger charge is -2.39. The summed E-state index contributed by atoms with van der Waals surface area (Å²) < 4.78 is 48.0. The van der Waals surface area contributed by atoms with Gasteiger partial charge in [-0.05, 0) is 66.8 Å². The smallest absolute Gasteiger partial charge is 0.356 e. The van der Waals surface area contributed by atoms with Crippen molar-refractivity contribution in [2.24, 2.45) is 5.41 Å². The lowest BCUT2D eigenvalue weighted by atomic mass is 9.77. The molecule has 37 heavy (non-hydrogen) atoms. The highest BCUT2D eigenvalue weighted by molar-refractivity contribution is 14.1. The fraction of sp³-hybridized carbons (Fsp3) is 0.542. The molecule has 1 atom stereocenters. The molecule has 3 fully saturated rings. The van der Waals surface area contributed by atoms with Gasteiger partial charge in [-0.25, -0.2) is 14.6 Å². The number of pyridine rings is 1. The predicted molar refractivity (Wildman–Crippen MR) is 137 cm³/mol. The number of ether oxygens (including phenoxy) is 1. The summed E-state index contributed by atoms with van der Waals surface area (Å²) in [4.78, 5) is 29.5. The topological polar surface area (TPSA) is 89.3 Å². The summed E-state index contributed by atoms with van der Waals surface area (Å²) in [5.74, 6) is 0.598. The van der Waals surface area contributed by atoms with Crippen LogP contribution in [0.2, 0.25) is 0 Å². The minimum atomic E-state index is -4.56. The van der Waals surface area contributed by atoms with E-state index in [1.165, 1.54) is 11.0 Å². The van der Waals surface area contributed by atoms with Gasteiger partial charge < -0.3 is 14.5 Å². The number of anilines is 2. The molecule has 0 aromatic carbocycles. The fourth-order valence-corrected chi connectivity index (χ4v) is 6.17. The zero-order valence-electron chi connectivity index (χ0n) is 19.9. The molecule has 0 radical (unpaired) electrons. The van der Waals surface area contributed by atoms with E-state index in [4.69, 9.17) is 9.72 Å². The van der Waals surface area contributed by atoms with Crippen molar-refractivity contribution in [3.8, 4) is 0 Å². The first-order valence-corrected chi connectivity index (χ1v) is 13.4. The number of carbonyl (C=O) groups excluding carboxylic acids is 1. The van der Waals surface area contributed by atoms with E-state index in [1.807, 2.05) is 4.68 Å². The van der Waals surface area contributed by atoms with Crippen LogP contribution in [0.5, 0.6) is 0 Å². The molecular weight excluding hydrogens is 602 g/mol. The van der Waals surface area contributed by atoms with Crippen LogP contribution in [-0.4, -0.2) is 56.9 Å². The Labute approximate surface area is 224 Å². The minimum Gasteiger partial charge on any atom is -0.356 e. The number of nitrogens with zero attached hydrogens (tertiary/aromatic N) is 7. The number of amides is 1. The molecule has 3 saturated heterocycles. The van der Waals surface area contributed by atoms with Crippen molar-refractivity contribution in [3.05, 3.63) is 33.9 Å². The standard InChI is InChI=1S/C24H25F3IN7O2/c25-24(26,27)16-11-15(4-7-29-16)34-14-23(12-18(34)36)5-8-33(9-6-23)17-13-30-20-21(28)32-35(22(20)31-17)19-3-1-2-10-37-19/h4,7,11,13,19H,1-3,5-6,8-10,12,14H2. The molecule has 6 heterocycles. The Kier molecular flexibility index (Phi) is 6.24. The highest BCUT2D eigenvalue weighted by Crippen LogP contribution is 2.44. The highest BCUT2D eigenvalue weighted by atomic mass is 127. The fourth-order valence-electron chi connectivity index (χ4n) is 5.55. The van der Waals surface area contributed by atoms with Crippen molar-refractivity contribution in [3.63, 3.8) is 0 Å². The first-order chi connectivity index (χ1) is 17.7. The Hall–Kier alpha value is -2.55. The molecule has 6 rings (SSSR count). The molecule has 1 spiro atoms. The second-order valence-electron chi connectivity index (χ2n) is 10.00. The van der Waals surface area contributed by atoms with Crippen LogP contribution in [-0.2, 0) is 15.7 Å². The van der Waals surface area contributed by atoms with E-state index < -0.39 is 11.9 Å². The normalized spacial score (nSPS) is 22.4. The monoisotopic (exact) mass is 627 g/mol. The van der Waals surface area contributed by atoms with Gasteiger partial charge in [0.1, 0.15) is 17.0 Å². The summed E-state index contributed by atoms with van der Waals surface area (Å²) in [6.07, 6.45) is 2.97. The number of fused-ring (bicyclic) bond motifs is 1. The van der Waals surface area contributed by atoms with Crippen molar-refractivity contribution >= 4 is 51.2 Å². The van der Waals surface area contributed by atoms with Crippen molar-refractivity contribution in [1.82, 2.24) is 24.7 Å². The number of carbonyl (C=O) groups is 1. The summed E-state index contributed by atoms with van der Waals surface area (Å²) in [7, 11) is 0. The Morgan fingerprint density at radius 2 is 1.97 bits per heavy atom.